The summed E-state index contributed by atoms with van der Waals surface area (Å²) in [6.45, 7) is 0.00576. The van der Waals surface area contributed by atoms with Gasteiger partial charge < -0.3 is 9.47 Å². The van der Waals surface area contributed by atoms with Crippen molar-refractivity contribution in [1.82, 2.24) is 0 Å². The van der Waals surface area contributed by atoms with Gasteiger partial charge in [0.1, 0.15) is 17.6 Å². The first-order valence-electron chi connectivity index (χ1n) is 7.56. The van der Waals surface area contributed by atoms with Crippen LogP contribution in [0.2, 0.25) is 0 Å². The van der Waals surface area contributed by atoms with E-state index in [1.54, 1.807) is 31.4 Å². The first kappa shape index (κ1) is 18.8. The highest BCUT2D eigenvalue weighted by atomic mass is 32.2. The summed E-state index contributed by atoms with van der Waals surface area (Å²) in [5.41, 5.74) is 1.40. The van der Waals surface area contributed by atoms with Crippen molar-refractivity contribution in [3.05, 3.63) is 59.7 Å². The zero-order chi connectivity index (χ0) is 18.3. The van der Waals surface area contributed by atoms with E-state index in [9.17, 15) is 8.42 Å². The summed E-state index contributed by atoms with van der Waals surface area (Å²) in [4.78, 5) is 0. The molecule has 0 aliphatic carbocycles. The lowest BCUT2D eigenvalue weighted by molar-refractivity contribution is 0.166. The molecule has 0 fully saturated rings. The first-order valence-corrected chi connectivity index (χ1v) is 9.38. The maximum Gasteiger partial charge on any atom is 0.264 e. The molecule has 6 nitrogen and oxygen atoms in total. The molecule has 7 heteroatoms. The Kier molecular flexibility index (Phi) is 6.39. The number of hydrogen-bond acceptors (Lipinski definition) is 6. The average Bonchev–Trinajstić information content (AvgIpc) is 2.60. The van der Waals surface area contributed by atoms with Gasteiger partial charge in [-0.15, -0.1) is 0 Å². The number of nitriles is 1. The van der Waals surface area contributed by atoms with Crippen LogP contribution < -0.4 is 9.47 Å². The topological polar surface area (TPSA) is 85.6 Å². The summed E-state index contributed by atoms with van der Waals surface area (Å²) < 4.78 is 38.2. The highest BCUT2D eigenvalue weighted by Crippen LogP contribution is 2.27. The van der Waals surface area contributed by atoms with Crippen LogP contribution in [0.15, 0.2) is 48.5 Å². The van der Waals surface area contributed by atoms with Crippen LogP contribution in [0.1, 0.15) is 23.7 Å². The second-order valence-corrected chi connectivity index (χ2v) is 6.97. The number of benzene rings is 2. The molecule has 0 aromatic heterocycles. The maximum atomic E-state index is 11.2. The predicted molar refractivity (Wildman–Crippen MR) is 92.9 cm³/mol. The minimum absolute atomic E-state index is 0.00576. The van der Waals surface area contributed by atoms with Crippen molar-refractivity contribution in [3.63, 3.8) is 0 Å². The largest absolute Gasteiger partial charge is 0.497 e. The monoisotopic (exact) mass is 361 g/mol. The van der Waals surface area contributed by atoms with Crippen LogP contribution in [0.3, 0.4) is 0 Å². The Morgan fingerprint density at radius 3 is 2.16 bits per heavy atom. The van der Waals surface area contributed by atoms with Gasteiger partial charge in [0.2, 0.25) is 0 Å². The van der Waals surface area contributed by atoms with Gasteiger partial charge in [-0.05, 0) is 42.0 Å². The molecule has 0 aliphatic heterocycles. The van der Waals surface area contributed by atoms with Crippen LogP contribution >= 0.6 is 0 Å². The predicted octanol–water partition coefficient (Wildman–Crippen LogP) is 3.05. The summed E-state index contributed by atoms with van der Waals surface area (Å²) in [7, 11) is -1.92. The van der Waals surface area contributed by atoms with Gasteiger partial charge in [-0.3, -0.25) is 4.18 Å². The molecular formula is C18H19NO5S. The molecule has 1 unspecified atom stereocenters. The summed E-state index contributed by atoms with van der Waals surface area (Å²) in [5.74, 6) is 1.30. The quantitative estimate of drug-likeness (QED) is 0.672. The molecule has 0 amide bonds. The molecule has 0 spiro atoms. The molecule has 0 bridgehead atoms. The zero-order valence-corrected chi connectivity index (χ0v) is 14.8. The molecule has 0 saturated carbocycles. The molecule has 0 radical (unpaired) electrons. The van der Waals surface area contributed by atoms with Crippen molar-refractivity contribution in [2.24, 2.45) is 0 Å². The molecule has 0 N–H and O–H groups in total. The fraction of sp³-hybridized carbons (Fsp3) is 0.278. The standard InChI is InChI=1S/C18H19NO5S/c1-22-16-9-5-15(6-10-16)18(11-12-23-25(2,20)21)24-17-7-3-14(13-19)4-8-17/h3-10,18H,11-12H2,1-2H3. The molecular weight excluding hydrogens is 342 g/mol. The summed E-state index contributed by atoms with van der Waals surface area (Å²) in [5, 5.41) is 8.85. The number of ether oxygens (including phenoxy) is 2. The number of nitrogens with zero attached hydrogens (tertiary/aromatic N) is 1. The van der Waals surface area contributed by atoms with Crippen molar-refractivity contribution < 1.29 is 22.1 Å². The molecule has 0 saturated heterocycles. The summed E-state index contributed by atoms with van der Waals surface area (Å²) >= 11 is 0. The number of rotatable bonds is 8. The van der Waals surface area contributed by atoms with E-state index in [4.69, 9.17) is 18.9 Å². The van der Waals surface area contributed by atoms with E-state index in [1.807, 2.05) is 30.3 Å². The van der Waals surface area contributed by atoms with E-state index in [1.165, 1.54) is 0 Å². The van der Waals surface area contributed by atoms with Crippen LogP contribution in [0, 0.1) is 11.3 Å². The number of methoxy groups -OCH3 is 1. The van der Waals surface area contributed by atoms with E-state index in [-0.39, 0.29) is 6.61 Å². The van der Waals surface area contributed by atoms with E-state index >= 15 is 0 Å². The Hall–Kier alpha value is -2.56. The molecule has 1 atom stereocenters. The van der Waals surface area contributed by atoms with Crippen molar-refractivity contribution in [1.29, 1.82) is 5.26 Å². The average molecular weight is 361 g/mol. The maximum absolute atomic E-state index is 11.2. The molecule has 2 aromatic carbocycles. The molecule has 132 valence electrons. The molecule has 0 heterocycles. The Bertz CT molecular complexity index is 823. The van der Waals surface area contributed by atoms with Crippen LogP contribution in [0.25, 0.3) is 0 Å². The van der Waals surface area contributed by atoms with Gasteiger partial charge in [-0.25, -0.2) is 0 Å². The molecule has 2 rings (SSSR count). The highest BCUT2D eigenvalue weighted by molar-refractivity contribution is 7.85. The van der Waals surface area contributed by atoms with Gasteiger partial charge >= 0.3 is 0 Å². The van der Waals surface area contributed by atoms with Crippen LogP contribution in [-0.4, -0.2) is 28.4 Å². The van der Waals surface area contributed by atoms with Crippen LogP contribution in [-0.2, 0) is 14.3 Å². The minimum Gasteiger partial charge on any atom is -0.497 e. The fourth-order valence-corrected chi connectivity index (χ4v) is 2.59. The highest BCUT2D eigenvalue weighted by Gasteiger charge is 2.15. The minimum atomic E-state index is -3.51. The molecule has 0 aliphatic rings. The van der Waals surface area contributed by atoms with Crippen molar-refractivity contribution >= 4 is 10.1 Å². The van der Waals surface area contributed by atoms with Crippen molar-refractivity contribution in [2.75, 3.05) is 20.0 Å². The van der Waals surface area contributed by atoms with Crippen LogP contribution in [0.5, 0.6) is 11.5 Å². The normalized spacial score (nSPS) is 12.2. The van der Waals surface area contributed by atoms with Gasteiger partial charge in [0.25, 0.3) is 10.1 Å². The number of hydrogen-bond donors (Lipinski definition) is 0. The van der Waals surface area contributed by atoms with Crippen LogP contribution in [0.4, 0.5) is 0 Å². The van der Waals surface area contributed by atoms with Gasteiger partial charge in [-0.1, -0.05) is 12.1 Å². The lowest BCUT2D eigenvalue weighted by atomic mass is 10.1. The smallest absolute Gasteiger partial charge is 0.264 e. The van der Waals surface area contributed by atoms with E-state index in [2.05, 4.69) is 0 Å². The van der Waals surface area contributed by atoms with E-state index < -0.39 is 16.2 Å². The lowest BCUT2D eigenvalue weighted by Crippen LogP contribution is -2.13. The second kappa shape index (κ2) is 8.51. The first-order chi connectivity index (χ1) is 11.9. The summed E-state index contributed by atoms with van der Waals surface area (Å²) in [6, 6.07) is 16.1. The van der Waals surface area contributed by atoms with Crippen molar-refractivity contribution in [2.45, 2.75) is 12.5 Å². The Balaban J connectivity index is 2.15. The molecule has 25 heavy (non-hydrogen) atoms. The Morgan fingerprint density at radius 1 is 1.04 bits per heavy atom. The third-order valence-electron chi connectivity index (χ3n) is 3.43. The SMILES string of the molecule is COc1ccc(C(CCOS(C)(=O)=O)Oc2ccc(C#N)cc2)cc1. The van der Waals surface area contributed by atoms with Gasteiger partial charge in [0.15, 0.2) is 0 Å². The Labute approximate surface area is 147 Å². The molecule has 2 aromatic rings. The lowest BCUT2D eigenvalue weighted by Gasteiger charge is -2.20. The van der Waals surface area contributed by atoms with Gasteiger partial charge in [-0.2, -0.15) is 13.7 Å². The third kappa shape index (κ3) is 6.10. The third-order valence-corrected chi connectivity index (χ3v) is 4.02. The van der Waals surface area contributed by atoms with Gasteiger partial charge in [0, 0.05) is 6.42 Å². The van der Waals surface area contributed by atoms with Gasteiger partial charge in [0.05, 0.1) is 31.6 Å². The second-order valence-electron chi connectivity index (χ2n) is 5.33. The van der Waals surface area contributed by atoms with Crippen molar-refractivity contribution in [3.8, 4) is 17.6 Å². The zero-order valence-electron chi connectivity index (χ0n) is 14.0. The summed E-state index contributed by atoms with van der Waals surface area (Å²) in [6.07, 6.45) is 0.955. The fourth-order valence-electron chi connectivity index (χ4n) is 2.19. The van der Waals surface area contributed by atoms with E-state index in [0.717, 1.165) is 11.8 Å². The van der Waals surface area contributed by atoms with E-state index in [0.29, 0.717) is 23.5 Å². The Morgan fingerprint density at radius 2 is 1.64 bits per heavy atom.